The smallest absolute Gasteiger partial charge is 0.0714 e. The van der Waals surface area contributed by atoms with Crippen LogP contribution in [0.25, 0.3) is 16.9 Å². The predicted octanol–water partition coefficient (Wildman–Crippen LogP) is 3.60. The Labute approximate surface area is 155 Å². The Morgan fingerprint density at radius 3 is 2.73 bits per heavy atom. The van der Waals surface area contributed by atoms with E-state index < -0.39 is 0 Å². The molecule has 3 nitrogen and oxygen atoms in total. The molecule has 4 heteroatoms. The van der Waals surface area contributed by atoms with Gasteiger partial charge in [0.1, 0.15) is 0 Å². The van der Waals surface area contributed by atoms with Crippen LogP contribution < -0.4 is 0 Å². The van der Waals surface area contributed by atoms with Gasteiger partial charge in [-0.2, -0.15) is 0 Å². The minimum atomic E-state index is 0. The third-order valence-electron chi connectivity index (χ3n) is 4.01. The SMILES string of the molecule is [CH2-]c1cnc2c(n1)CCCc1ccc(-n3cccc3)cc1-2.[Y]. The van der Waals surface area contributed by atoms with E-state index in [1.54, 1.807) is 6.20 Å². The summed E-state index contributed by atoms with van der Waals surface area (Å²) < 4.78 is 2.12. The quantitative estimate of drug-likeness (QED) is 0.619. The number of nitrogens with zero attached hydrogens (tertiary/aromatic N) is 3. The van der Waals surface area contributed by atoms with Crippen LogP contribution in [0.5, 0.6) is 0 Å². The Bertz CT molecular complexity index is 794. The van der Waals surface area contributed by atoms with Crippen molar-refractivity contribution in [2.45, 2.75) is 19.3 Å². The van der Waals surface area contributed by atoms with Crippen molar-refractivity contribution in [3.05, 3.63) is 72.8 Å². The van der Waals surface area contributed by atoms with Gasteiger partial charge in [0.25, 0.3) is 0 Å². The Morgan fingerprint density at radius 1 is 1.09 bits per heavy atom. The summed E-state index contributed by atoms with van der Waals surface area (Å²) in [5, 5.41) is 0. The van der Waals surface area contributed by atoms with Crippen LogP contribution in [0.3, 0.4) is 0 Å². The van der Waals surface area contributed by atoms with Gasteiger partial charge in [-0.3, -0.25) is 4.98 Å². The molecule has 1 aliphatic carbocycles. The molecule has 0 aliphatic heterocycles. The maximum absolute atomic E-state index is 4.61. The van der Waals surface area contributed by atoms with Gasteiger partial charge < -0.3 is 9.55 Å². The van der Waals surface area contributed by atoms with Gasteiger partial charge in [-0.1, -0.05) is 18.0 Å². The maximum atomic E-state index is 4.61. The fraction of sp³-hybridized carbons (Fsp3) is 0.167. The van der Waals surface area contributed by atoms with E-state index in [9.17, 15) is 0 Å². The van der Waals surface area contributed by atoms with Gasteiger partial charge in [-0.25, -0.2) is 6.92 Å². The average molecular weight is 363 g/mol. The topological polar surface area (TPSA) is 30.7 Å². The van der Waals surface area contributed by atoms with Crippen molar-refractivity contribution in [2.24, 2.45) is 0 Å². The Morgan fingerprint density at radius 2 is 1.91 bits per heavy atom. The van der Waals surface area contributed by atoms with E-state index in [-0.39, 0.29) is 32.7 Å². The average Bonchev–Trinajstić information content (AvgIpc) is 2.96. The molecule has 2 aromatic heterocycles. The van der Waals surface area contributed by atoms with Crippen molar-refractivity contribution in [2.75, 3.05) is 0 Å². The number of hydrogen-bond acceptors (Lipinski definition) is 2. The summed E-state index contributed by atoms with van der Waals surface area (Å²) in [6.07, 6.45) is 9.04. The van der Waals surface area contributed by atoms with Crippen LogP contribution in [0.2, 0.25) is 0 Å². The number of hydrogen-bond donors (Lipinski definition) is 0. The van der Waals surface area contributed by atoms with Gasteiger partial charge in [-0.05, 0) is 49.1 Å². The van der Waals surface area contributed by atoms with Crippen molar-refractivity contribution in [1.29, 1.82) is 0 Å². The van der Waals surface area contributed by atoms with Gasteiger partial charge in [0.05, 0.1) is 11.4 Å². The van der Waals surface area contributed by atoms with Crippen molar-refractivity contribution >= 4 is 0 Å². The van der Waals surface area contributed by atoms with Crippen LogP contribution in [-0.4, -0.2) is 14.5 Å². The molecule has 2 heterocycles. The third-order valence-corrected chi connectivity index (χ3v) is 4.01. The minimum Gasteiger partial charge on any atom is -0.348 e. The number of aryl methyl sites for hydroxylation is 2. The Kier molecular flexibility index (Phi) is 4.46. The van der Waals surface area contributed by atoms with Crippen LogP contribution >= 0.6 is 0 Å². The fourth-order valence-corrected chi connectivity index (χ4v) is 2.98. The standard InChI is InChI=1S/C18H16N3.Y/c1-13-12-19-18-16-11-15(21-9-2-3-10-21)8-7-14(16)5-4-6-17(18)20-13;/h2-3,7-12H,1,4-6H2;/q-1;. The molecule has 1 aliphatic rings. The number of rotatable bonds is 1. The van der Waals surface area contributed by atoms with Crippen molar-refractivity contribution in [3.63, 3.8) is 0 Å². The Balaban J connectivity index is 0.00000144. The molecule has 0 saturated carbocycles. The molecule has 3 aromatic rings. The van der Waals surface area contributed by atoms with Crippen LogP contribution in [0.4, 0.5) is 0 Å². The molecule has 0 fully saturated rings. The molecule has 107 valence electrons. The second-order valence-electron chi connectivity index (χ2n) is 5.44. The molecular weight excluding hydrogens is 347 g/mol. The second kappa shape index (κ2) is 6.35. The summed E-state index contributed by atoms with van der Waals surface area (Å²) in [5.41, 5.74) is 6.57. The summed E-state index contributed by atoms with van der Waals surface area (Å²) >= 11 is 0. The van der Waals surface area contributed by atoms with Crippen LogP contribution in [0.15, 0.2) is 48.9 Å². The van der Waals surface area contributed by atoms with Gasteiger partial charge >= 0.3 is 0 Å². The largest absolute Gasteiger partial charge is 0.348 e. The zero-order chi connectivity index (χ0) is 14.2. The molecule has 4 rings (SSSR count). The molecule has 0 unspecified atom stereocenters. The van der Waals surface area contributed by atoms with Crippen molar-refractivity contribution in [3.8, 4) is 16.9 Å². The summed E-state index contributed by atoms with van der Waals surface area (Å²) in [7, 11) is 0. The molecule has 1 radical (unpaired) electrons. The van der Waals surface area contributed by atoms with Crippen molar-refractivity contribution in [1.82, 2.24) is 14.5 Å². The van der Waals surface area contributed by atoms with E-state index in [1.165, 1.54) is 11.1 Å². The zero-order valence-corrected chi connectivity index (χ0v) is 15.2. The van der Waals surface area contributed by atoms with Crippen LogP contribution in [0.1, 0.15) is 23.4 Å². The summed E-state index contributed by atoms with van der Waals surface area (Å²) in [6.45, 7) is 3.90. The molecular formula is C18H16N3Y-. The van der Waals surface area contributed by atoms with Crippen LogP contribution in [0, 0.1) is 6.92 Å². The molecule has 0 atom stereocenters. The Hall–Kier alpha value is -1.45. The zero-order valence-electron chi connectivity index (χ0n) is 12.4. The molecule has 0 saturated heterocycles. The van der Waals surface area contributed by atoms with E-state index in [1.807, 2.05) is 12.1 Å². The van der Waals surface area contributed by atoms with E-state index in [0.29, 0.717) is 0 Å². The summed E-state index contributed by atoms with van der Waals surface area (Å²) in [6, 6.07) is 10.7. The molecule has 1 aromatic carbocycles. The van der Waals surface area contributed by atoms with Gasteiger partial charge in [0, 0.05) is 56.4 Å². The molecule has 0 spiro atoms. The number of aromatic nitrogens is 3. The molecule has 0 N–H and O–H groups in total. The summed E-state index contributed by atoms with van der Waals surface area (Å²) in [4.78, 5) is 9.19. The molecule has 0 bridgehead atoms. The van der Waals surface area contributed by atoms with E-state index >= 15 is 0 Å². The second-order valence-corrected chi connectivity index (χ2v) is 5.44. The first-order valence-electron chi connectivity index (χ1n) is 7.26. The normalized spacial score (nSPS) is 12.7. The summed E-state index contributed by atoms with van der Waals surface area (Å²) in [5.74, 6) is 0. The van der Waals surface area contributed by atoms with Crippen LogP contribution in [-0.2, 0) is 45.6 Å². The maximum Gasteiger partial charge on any atom is 0.0714 e. The van der Waals surface area contributed by atoms with Gasteiger partial charge in [0.15, 0.2) is 0 Å². The predicted molar refractivity (Wildman–Crippen MR) is 83.3 cm³/mol. The number of fused-ring (bicyclic) bond motifs is 3. The molecule has 22 heavy (non-hydrogen) atoms. The first-order chi connectivity index (χ1) is 10.3. The monoisotopic (exact) mass is 363 g/mol. The number of benzene rings is 1. The first kappa shape index (κ1) is 15.4. The van der Waals surface area contributed by atoms with E-state index in [0.717, 1.165) is 42.0 Å². The first-order valence-corrected chi connectivity index (χ1v) is 7.26. The molecule has 0 amide bonds. The van der Waals surface area contributed by atoms with E-state index in [2.05, 4.69) is 52.1 Å². The minimum absolute atomic E-state index is 0. The van der Waals surface area contributed by atoms with Gasteiger partial charge in [0.2, 0.25) is 0 Å². The van der Waals surface area contributed by atoms with Crippen molar-refractivity contribution < 1.29 is 32.7 Å². The third kappa shape index (κ3) is 2.76. The fourth-order valence-electron chi connectivity index (χ4n) is 2.98. The van der Waals surface area contributed by atoms with Gasteiger partial charge in [-0.15, -0.1) is 0 Å². The van der Waals surface area contributed by atoms with E-state index in [4.69, 9.17) is 0 Å².